The van der Waals surface area contributed by atoms with Crippen LogP contribution in [0.2, 0.25) is 0 Å². The molecule has 0 aliphatic rings. The van der Waals surface area contributed by atoms with E-state index in [0.29, 0.717) is 16.5 Å². The lowest BCUT2D eigenvalue weighted by Gasteiger charge is -1.93. The summed E-state index contributed by atoms with van der Waals surface area (Å²) in [7, 11) is 0. The quantitative estimate of drug-likeness (QED) is 0.324. The second-order valence-electron chi connectivity index (χ2n) is 5.32. The average molecular weight is 364 g/mol. The van der Waals surface area contributed by atoms with Gasteiger partial charge in [0.2, 0.25) is 10.8 Å². The SMILES string of the molecule is O=c1o[nH][n+](-c2ccccc2)c1-c1csc(N/N=C/c2ccccc2)n1. The Balaban J connectivity index is 1.58. The van der Waals surface area contributed by atoms with E-state index in [0.717, 1.165) is 11.3 Å². The average Bonchev–Trinajstić information content (AvgIpc) is 3.29. The highest BCUT2D eigenvalue weighted by Crippen LogP contribution is 2.21. The third-order valence-corrected chi connectivity index (χ3v) is 4.33. The molecular weight excluding hydrogens is 350 g/mol. The number of H-pyrrole nitrogens is 1. The number of hydrazone groups is 1. The number of aromatic nitrogens is 3. The molecule has 0 saturated carbocycles. The fourth-order valence-electron chi connectivity index (χ4n) is 2.39. The summed E-state index contributed by atoms with van der Waals surface area (Å²) in [4.78, 5) is 16.5. The van der Waals surface area contributed by atoms with Crippen molar-refractivity contribution in [2.75, 3.05) is 5.43 Å². The molecule has 26 heavy (non-hydrogen) atoms. The van der Waals surface area contributed by atoms with Crippen LogP contribution in [0.15, 0.2) is 80.5 Å². The van der Waals surface area contributed by atoms with Crippen LogP contribution in [0.3, 0.4) is 0 Å². The Morgan fingerprint density at radius 2 is 1.85 bits per heavy atom. The Bertz CT molecular complexity index is 1080. The molecule has 4 rings (SSSR count). The fourth-order valence-corrected chi connectivity index (χ4v) is 3.03. The van der Waals surface area contributed by atoms with Crippen LogP contribution in [-0.2, 0) is 0 Å². The standard InChI is InChI=1S/C18H13N5O2S/c24-17-16(23(22-25-17)14-9-5-2-6-10-14)15-12-26-18(20-15)21-19-11-13-7-3-1-4-8-13/h1-12H,(H-,20,21,22,24)/p+1/b19-11+. The van der Waals surface area contributed by atoms with Crippen LogP contribution < -0.4 is 15.7 Å². The number of anilines is 1. The van der Waals surface area contributed by atoms with Gasteiger partial charge in [0.1, 0.15) is 0 Å². The molecule has 2 aromatic heterocycles. The van der Waals surface area contributed by atoms with E-state index >= 15 is 0 Å². The lowest BCUT2D eigenvalue weighted by Crippen LogP contribution is -2.36. The highest BCUT2D eigenvalue weighted by Gasteiger charge is 2.27. The molecule has 0 fully saturated rings. The number of aromatic amines is 1. The summed E-state index contributed by atoms with van der Waals surface area (Å²) in [6.45, 7) is 0. The first kappa shape index (κ1) is 16.0. The van der Waals surface area contributed by atoms with Crippen molar-refractivity contribution in [2.45, 2.75) is 0 Å². The van der Waals surface area contributed by atoms with E-state index in [1.165, 1.54) is 11.3 Å². The second-order valence-corrected chi connectivity index (χ2v) is 6.18. The molecular formula is C18H14N5O2S+. The van der Waals surface area contributed by atoms with Gasteiger partial charge in [-0.05, 0) is 15.5 Å². The Kier molecular flexibility index (Phi) is 4.40. The number of thiazole rings is 1. The highest BCUT2D eigenvalue weighted by atomic mass is 32.1. The summed E-state index contributed by atoms with van der Waals surface area (Å²) in [6, 6.07) is 19.1. The molecule has 2 heterocycles. The van der Waals surface area contributed by atoms with E-state index in [1.807, 2.05) is 60.7 Å². The lowest BCUT2D eigenvalue weighted by atomic mass is 10.2. The monoisotopic (exact) mass is 364 g/mol. The Labute approximate surface area is 152 Å². The van der Waals surface area contributed by atoms with E-state index in [9.17, 15) is 4.79 Å². The van der Waals surface area contributed by atoms with Gasteiger partial charge in [-0.2, -0.15) is 5.10 Å². The van der Waals surface area contributed by atoms with Crippen molar-refractivity contribution >= 4 is 22.7 Å². The molecule has 2 aromatic carbocycles. The van der Waals surface area contributed by atoms with Crippen molar-refractivity contribution < 1.29 is 9.20 Å². The summed E-state index contributed by atoms with van der Waals surface area (Å²) in [5, 5.41) is 9.13. The predicted octanol–water partition coefficient (Wildman–Crippen LogP) is 2.81. The minimum absolute atomic E-state index is 0.326. The summed E-state index contributed by atoms with van der Waals surface area (Å²) < 4.78 is 6.51. The number of para-hydroxylation sites is 1. The number of hydrogen-bond acceptors (Lipinski definition) is 6. The van der Waals surface area contributed by atoms with Crippen molar-refractivity contribution in [1.29, 1.82) is 0 Å². The van der Waals surface area contributed by atoms with Crippen molar-refractivity contribution in [3.63, 3.8) is 0 Å². The fraction of sp³-hybridized carbons (Fsp3) is 0. The van der Waals surface area contributed by atoms with E-state index in [1.54, 1.807) is 16.3 Å². The van der Waals surface area contributed by atoms with Gasteiger partial charge >= 0.3 is 11.3 Å². The molecule has 128 valence electrons. The largest absolute Gasteiger partial charge is 0.437 e. The minimum atomic E-state index is -0.488. The number of benzene rings is 2. The Morgan fingerprint density at radius 3 is 2.62 bits per heavy atom. The van der Waals surface area contributed by atoms with Gasteiger partial charge < -0.3 is 0 Å². The van der Waals surface area contributed by atoms with Gasteiger partial charge in [-0.3, -0.25) is 9.95 Å². The molecule has 7 nitrogen and oxygen atoms in total. The molecule has 0 unspecified atom stereocenters. The molecule has 2 N–H and O–H groups in total. The Hall–Kier alpha value is -3.52. The van der Waals surface area contributed by atoms with Crippen molar-refractivity contribution in [1.82, 2.24) is 10.3 Å². The van der Waals surface area contributed by atoms with Gasteiger partial charge in [0, 0.05) is 17.5 Å². The molecule has 4 aromatic rings. The molecule has 0 radical (unpaired) electrons. The summed E-state index contributed by atoms with van der Waals surface area (Å²) in [6.07, 6.45) is 1.70. The van der Waals surface area contributed by atoms with Crippen LogP contribution in [0.4, 0.5) is 5.13 Å². The topological polar surface area (TPSA) is 87.2 Å². The summed E-state index contributed by atoms with van der Waals surface area (Å²) in [5.74, 6) is 0. The third kappa shape index (κ3) is 3.31. The summed E-state index contributed by atoms with van der Waals surface area (Å²) >= 11 is 1.35. The first-order valence-corrected chi connectivity index (χ1v) is 8.68. The van der Waals surface area contributed by atoms with Gasteiger partial charge in [0.15, 0.2) is 5.69 Å². The van der Waals surface area contributed by atoms with Crippen LogP contribution >= 0.6 is 11.3 Å². The number of rotatable bonds is 5. The van der Waals surface area contributed by atoms with E-state index in [-0.39, 0.29) is 0 Å². The van der Waals surface area contributed by atoms with Crippen molar-refractivity contribution in [3.05, 3.63) is 82.0 Å². The van der Waals surface area contributed by atoms with Gasteiger partial charge in [-0.1, -0.05) is 48.5 Å². The smallest absolute Gasteiger partial charge is 0.282 e. The normalized spacial score (nSPS) is 11.1. The van der Waals surface area contributed by atoms with Crippen LogP contribution in [0.25, 0.3) is 17.1 Å². The lowest BCUT2D eigenvalue weighted by molar-refractivity contribution is -0.660. The van der Waals surface area contributed by atoms with Crippen LogP contribution in [0, 0.1) is 0 Å². The molecule has 8 heteroatoms. The Morgan fingerprint density at radius 1 is 1.12 bits per heavy atom. The first-order chi connectivity index (χ1) is 12.8. The molecule has 0 saturated heterocycles. The number of nitrogens with one attached hydrogen (secondary N) is 2. The second kappa shape index (κ2) is 7.16. The molecule has 0 aliphatic carbocycles. The van der Waals surface area contributed by atoms with Gasteiger partial charge in [-0.25, -0.2) is 9.78 Å². The van der Waals surface area contributed by atoms with Gasteiger partial charge in [0.05, 0.1) is 6.21 Å². The maximum atomic E-state index is 12.1. The zero-order valence-corrected chi connectivity index (χ0v) is 14.3. The van der Waals surface area contributed by atoms with Gasteiger partial charge in [0.25, 0.3) is 0 Å². The number of nitrogens with zero attached hydrogens (tertiary/aromatic N) is 3. The maximum Gasteiger partial charge on any atom is 0.437 e. The zero-order chi connectivity index (χ0) is 17.8. The van der Waals surface area contributed by atoms with E-state index in [2.05, 4.69) is 20.8 Å². The van der Waals surface area contributed by atoms with Crippen LogP contribution in [0.5, 0.6) is 0 Å². The third-order valence-electron chi connectivity index (χ3n) is 3.58. The van der Waals surface area contributed by atoms with E-state index in [4.69, 9.17) is 4.52 Å². The zero-order valence-electron chi connectivity index (χ0n) is 13.5. The summed E-state index contributed by atoms with van der Waals surface area (Å²) in [5.41, 5.74) is 4.98. The molecule has 0 atom stereocenters. The molecule has 0 aliphatic heterocycles. The number of hydrogen-bond donors (Lipinski definition) is 2. The van der Waals surface area contributed by atoms with Crippen molar-refractivity contribution in [3.8, 4) is 17.1 Å². The first-order valence-electron chi connectivity index (χ1n) is 7.80. The predicted molar refractivity (Wildman–Crippen MR) is 99.6 cm³/mol. The highest BCUT2D eigenvalue weighted by molar-refractivity contribution is 7.14. The van der Waals surface area contributed by atoms with Crippen molar-refractivity contribution in [2.24, 2.45) is 5.10 Å². The van der Waals surface area contributed by atoms with E-state index < -0.39 is 5.63 Å². The molecule has 0 amide bonds. The molecule has 0 spiro atoms. The maximum absolute atomic E-state index is 12.1. The van der Waals surface area contributed by atoms with Crippen LogP contribution in [-0.4, -0.2) is 16.5 Å². The minimum Gasteiger partial charge on any atom is -0.282 e. The molecule has 0 bridgehead atoms. The van der Waals surface area contributed by atoms with Gasteiger partial charge in [-0.15, -0.1) is 11.3 Å². The van der Waals surface area contributed by atoms with Crippen LogP contribution in [0.1, 0.15) is 5.56 Å².